The number of nitrogens with zero attached hydrogens (tertiary/aromatic N) is 2. The molecule has 0 radical (unpaired) electrons. The van der Waals surface area contributed by atoms with Gasteiger partial charge in [-0.3, -0.25) is 14.2 Å². The lowest BCUT2D eigenvalue weighted by molar-refractivity contribution is 0.254. The number of sulfonamides is 1. The van der Waals surface area contributed by atoms with Crippen LogP contribution in [0.4, 0.5) is 5.69 Å². The smallest absolute Gasteiger partial charge is 0.261 e. The van der Waals surface area contributed by atoms with Gasteiger partial charge in [-0.25, -0.2) is 13.1 Å². The van der Waals surface area contributed by atoms with E-state index in [1.165, 1.54) is 6.07 Å². The lowest BCUT2D eigenvalue weighted by atomic mass is 10.1. The molecule has 1 aliphatic heterocycles. The molecule has 2 heterocycles. The first-order valence-electron chi connectivity index (χ1n) is 14.0. The van der Waals surface area contributed by atoms with Crippen LogP contribution in [0.5, 0.6) is 5.75 Å². The molecule has 1 saturated heterocycles. The van der Waals surface area contributed by atoms with Crippen LogP contribution in [0.15, 0.2) is 86.9 Å². The quantitative estimate of drug-likeness (QED) is 0.204. The first kappa shape index (κ1) is 33.1. The SMILES string of the molecule is COc1ccccc1N1CCN(CCCNS(=O)(=O)c2cccc3c(=O)c(C)c(-c4ccccc4)oc23)CC1.CS(=O)(=O)O. The molecule has 1 fully saturated rings. The van der Waals surface area contributed by atoms with Gasteiger partial charge in [0.2, 0.25) is 10.0 Å². The Bertz CT molecular complexity index is 1840. The number of fused-ring (bicyclic) bond motifs is 1. The summed E-state index contributed by atoms with van der Waals surface area (Å²) in [5.74, 6) is 1.25. The molecular weight excluding hydrogens is 606 g/mol. The fourth-order valence-corrected chi connectivity index (χ4v) is 6.27. The number of hydrogen-bond donors (Lipinski definition) is 2. The first-order valence-corrected chi connectivity index (χ1v) is 17.4. The molecule has 4 aromatic rings. The van der Waals surface area contributed by atoms with Gasteiger partial charge in [0.15, 0.2) is 11.0 Å². The molecule has 0 spiro atoms. The molecule has 44 heavy (non-hydrogen) atoms. The van der Waals surface area contributed by atoms with Gasteiger partial charge in [-0.1, -0.05) is 48.5 Å². The molecule has 2 N–H and O–H groups in total. The Morgan fingerprint density at radius 1 is 0.909 bits per heavy atom. The van der Waals surface area contributed by atoms with E-state index >= 15 is 0 Å². The van der Waals surface area contributed by atoms with Crippen molar-refractivity contribution in [1.29, 1.82) is 0 Å². The van der Waals surface area contributed by atoms with Crippen molar-refractivity contribution in [3.05, 3.63) is 88.6 Å². The molecule has 0 saturated carbocycles. The van der Waals surface area contributed by atoms with Crippen molar-refractivity contribution < 1.29 is 30.5 Å². The topological polar surface area (TPSA) is 146 Å². The van der Waals surface area contributed by atoms with E-state index in [1.54, 1.807) is 26.2 Å². The second kappa shape index (κ2) is 14.4. The highest BCUT2D eigenvalue weighted by Gasteiger charge is 2.23. The lowest BCUT2D eigenvalue weighted by Crippen LogP contribution is -2.47. The largest absolute Gasteiger partial charge is 0.495 e. The Morgan fingerprint density at radius 3 is 2.20 bits per heavy atom. The highest BCUT2D eigenvalue weighted by atomic mass is 32.2. The molecule has 11 nitrogen and oxygen atoms in total. The molecule has 13 heteroatoms. The predicted octanol–water partition coefficient (Wildman–Crippen LogP) is 3.77. The fourth-order valence-electron chi connectivity index (χ4n) is 5.05. The van der Waals surface area contributed by atoms with E-state index in [1.807, 2.05) is 48.5 Å². The standard InChI is InChI=1S/C30H33N3O5S.CH4O3S/c1-22-28(34)24-12-8-15-27(30(24)38-29(22)23-10-4-3-5-11-23)39(35,36)31-16-9-17-32-18-20-33(21-19-32)25-13-6-7-14-26(25)37-2;1-5(2,3)4/h3-8,10-15,31H,9,16-21H2,1-2H3;1H3,(H,2,3,4). The molecule has 0 atom stereocenters. The summed E-state index contributed by atoms with van der Waals surface area (Å²) in [5.41, 5.74) is 2.10. The fraction of sp³-hybridized carbons (Fsp3) is 0.323. The number of ether oxygens (including phenoxy) is 1. The highest BCUT2D eigenvalue weighted by Crippen LogP contribution is 2.30. The van der Waals surface area contributed by atoms with Gasteiger partial charge in [0, 0.05) is 43.9 Å². The summed E-state index contributed by atoms with van der Waals surface area (Å²) in [7, 11) is -5.88. The van der Waals surface area contributed by atoms with Crippen LogP contribution < -0.4 is 19.8 Å². The highest BCUT2D eigenvalue weighted by molar-refractivity contribution is 7.89. The van der Waals surface area contributed by atoms with Crippen LogP contribution in [0.25, 0.3) is 22.3 Å². The van der Waals surface area contributed by atoms with Gasteiger partial charge in [0.05, 0.1) is 24.4 Å². The average Bonchev–Trinajstić information content (AvgIpc) is 3.00. The molecule has 5 rings (SSSR count). The Balaban J connectivity index is 0.000000818. The third-order valence-corrected chi connectivity index (χ3v) is 8.66. The maximum Gasteiger partial charge on any atom is 0.261 e. The summed E-state index contributed by atoms with van der Waals surface area (Å²) >= 11 is 0. The van der Waals surface area contributed by atoms with Crippen molar-refractivity contribution in [2.75, 3.05) is 57.5 Å². The number of nitrogens with one attached hydrogen (secondary N) is 1. The van der Waals surface area contributed by atoms with Gasteiger partial charge in [-0.05, 0) is 44.2 Å². The summed E-state index contributed by atoms with van der Waals surface area (Å²) in [5, 5.41) is 0.253. The number of hydrogen-bond acceptors (Lipinski definition) is 9. The van der Waals surface area contributed by atoms with E-state index in [-0.39, 0.29) is 27.8 Å². The molecule has 0 bridgehead atoms. The van der Waals surface area contributed by atoms with Gasteiger partial charge in [-0.2, -0.15) is 8.42 Å². The second-order valence-corrected chi connectivity index (χ2v) is 13.6. The molecule has 236 valence electrons. The van der Waals surface area contributed by atoms with Crippen molar-refractivity contribution in [3.63, 3.8) is 0 Å². The van der Waals surface area contributed by atoms with Crippen LogP contribution in [0.3, 0.4) is 0 Å². The number of anilines is 1. The van der Waals surface area contributed by atoms with Crippen LogP contribution in [0, 0.1) is 6.92 Å². The number of methoxy groups -OCH3 is 1. The van der Waals surface area contributed by atoms with Gasteiger partial charge in [0.1, 0.15) is 16.4 Å². The van der Waals surface area contributed by atoms with E-state index in [0.717, 1.165) is 49.7 Å². The number of para-hydroxylation sites is 3. The van der Waals surface area contributed by atoms with Crippen LogP contribution in [0.1, 0.15) is 12.0 Å². The monoisotopic (exact) mass is 643 g/mol. The van der Waals surface area contributed by atoms with E-state index < -0.39 is 20.1 Å². The van der Waals surface area contributed by atoms with Gasteiger partial charge >= 0.3 is 0 Å². The minimum absolute atomic E-state index is 0.0281. The Kier molecular flexibility index (Phi) is 10.8. The van der Waals surface area contributed by atoms with E-state index in [4.69, 9.17) is 13.7 Å². The minimum atomic E-state index is -3.89. The Labute approximate surface area is 257 Å². The summed E-state index contributed by atoms with van der Waals surface area (Å²) in [4.78, 5) is 17.7. The Morgan fingerprint density at radius 2 is 1.55 bits per heavy atom. The van der Waals surface area contributed by atoms with Gasteiger partial charge < -0.3 is 14.1 Å². The van der Waals surface area contributed by atoms with Crippen molar-refractivity contribution in [2.24, 2.45) is 0 Å². The lowest BCUT2D eigenvalue weighted by Gasteiger charge is -2.36. The van der Waals surface area contributed by atoms with Crippen molar-refractivity contribution in [2.45, 2.75) is 18.2 Å². The van der Waals surface area contributed by atoms with E-state index in [9.17, 15) is 21.6 Å². The molecule has 0 aliphatic carbocycles. The normalized spacial score (nSPS) is 14.2. The molecule has 0 unspecified atom stereocenters. The zero-order valence-electron chi connectivity index (χ0n) is 24.9. The van der Waals surface area contributed by atoms with Crippen LogP contribution in [-0.2, 0) is 20.1 Å². The van der Waals surface area contributed by atoms with Crippen molar-refractivity contribution in [3.8, 4) is 17.1 Å². The second-order valence-electron chi connectivity index (χ2n) is 10.4. The zero-order valence-corrected chi connectivity index (χ0v) is 26.5. The number of benzene rings is 3. The first-order chi connectivity index (χ1) is 20.9. The van der Waals surface area contributed by atoms with E-state index in [2.05, 4.69) is 20.6 Å². The van der Waals surface area contributed by atoms with Crippen molar-refractivity contribution in [1.82, 2.24) is 9.62 Å². The third kappa shape index (κ3) is 8.45. The van der Waals surface area contributed by atoms with Gasteiger partial charge in [0.25, 0.3) is 10.1 Å². The number of rotatable bonds is 9. The molecule has 1 aromatic heterocycles. The summed E-state index contributed by atoms with van der Waals surface area (Å²) in [6.45, 7) is 6.30. The summed E-state index contributed by atoms with van der Waals surface area (Å²) in [6, 6.07) is 21.9. The number of piperazine rings is 1. The van der Waals surface area contributed by atoms with E-state index in [0.29, 0.717) is 24.0 Å². The third-order valence-electron chi connectivity index (χ3n) is 7.18. The summed E-state index contributed by atoms with van der Waals surface area (Å²) in [6.07, 6.45) is 1.38. The molecule has 1 aliphatic rings. The molecule has 0 amide bonds. The minimum Gasteiger partial charge on any atom is -0.495 e. The average molecular weight is 644 g/mol. The molecule has 3 aromatic carbocycles. The maximum absolute atomic E-state index is 13.3. The molecular formula is C31H37N3O8S2. The van der Waals surface area contributed by atoms with Gasteiger partial charge in [-0.15, -0.1) is 0 Å². The van der Waals surface area contributed by atoms with Crippen molar-refractivity contribution >= 4 is 36.8 Å². The predicted molar refractivity (Wildman–Crippen MR) is 172 cm³/mol. The summed E-state index contributed by atoms with van der Waals surface area (Å²) < 4.78 is 66.8. The van der Waals surface area contributed by atoms with Crippen LogP contribution in [0.2, 0.25) is 0 Å². The van der Waals surface area contributed by atoms with Crippen LogP contribution >= 0.6 is 0 Å². The maximum atomic E-state index is 13.3. The van der Waals surface area contributed by atoms with Crippen LogP contribution in [-0.4, -0.2) is 78.9 Å². The zero-order chi connectivity index (χ0) is 31.9. The Hall–Kier alpha value is -3.75.